The summed E-state index contributed by atoms with van der Waals surface area (Å²) in [5.41, 5.74) is 1.09. The molecule has 3 aromatic rings. The van der Waals surface area contributed by atoms with Crippen LogP contribution in [0.3, 0.4) is 0 Å². The average Bonchev–Trinajstić information content (AvgIpc) is 2.77. The number of rotatable bonds is 11. The number of hydrogen-bond donors (Lipinski definition) is 0. The lowest BCUT2D eigenvalue weighted by molar-refractivity contribution is -0.384. The monoisotopic (exact) mass is 422 g/mol. The van der Waals surface area contributed by atoms with Crippen molar-refractivity contribution in [2.24, 2.45) is 0 Å². The summed E-state index contributed by atoms with van der Waals surface area (Å²) in [6, 6.07) is 20.7. The van der Waals surface area contributed by atoms with Crippen LogP contribution < -0.4 is 4.74 Å². The van der Waals surface area contributed by atoms with E-state index in [1.807, 2.05) is 30.3 Å². The molecule has 3 aromatic carbocycles. The zero-order valence-electron chi connectivity index (χ0n) is 17.5. The number of nitro benzene ring substituents is 1. The number of ether oxygens (including phenoxy) is 2. The van der Waals surface area contributed by atoms with E-state index in [-0.39, 0.29) is 11.7 Å². The zero-order valence-corrected chi connectivity index (χ0v) is 17.5. The molecule has 0 aliphatic heterocycles. The van der Waals surface area contributed by atoms with E-state index in [9.17, 15) is 14.9 Å². The largest absolute Gasteiger partial charge is 0.492 e. The van der Waals surface area contributed by atoms with E-state index in [0.29, 0.717) is 26.3 Å². The van der Waals surface area contributed by atoms with Gasteiger partial charge in [0.25, 0.3) is 5.69 Å². The summed E-state index contributed by atoms with van der Waals surface area (Å²) in [7, 11) is 0. The number of nitrogens with zero attached hydrogens (tertiary/aromatic N) is 2. The van der Waals surface area contributed by atoms with Gasteiger partial charge in [0.2, 0.25) is 0 Å². The molecule has 0 saturated heterocycles. The lowest BCUT2D eigenvalue weighted by atomic mass is 10.1. The first-order chi connectivity index (χ1) is 15.0. The Hall–Kier alpha value is -3.45. The van der Waals surface area contributed by atoms with E-state index >= 15 is 0 Å². The predicted octanol–water partition coefficient (Wildman–Crippen LogP) is 4.23. The van der Waals surface area contributed by atoms with Crippen LogP contribution in [-0.4, -0.2) is 48.6 Å². The number of non-ortho nitro benzene ring substituents is 1. The summed E-state index contributed by atoms with van der Waals surface area (Å²) in [6.45, 7) is 4.17. The quantitative estimate of drug-likeness (QED) is 0.261. The van der Waals surface area contributed by atoms with Crippen molar-refractivity contribution in [3.05, 3.63) is 82.4 Å². The Kier molecular flexibility index (Phi) is 7.95. The van der Waals surface area contributed by atoms with Crippen LogP contribution in [0.15, 0.2) is 66.7 Å². The van der Waals surface area contributed by atoms with Gasteiger partial charge in [0.1, 0.15) is 19.0 Å². The summed E-state index contributed by atoms with van der Waals surface area (Å²) < 4.78 is 11.1. The zero-order chi connectivity index (χ0) is 22.1. The van der Waals surface area contributed by atoms with Gasteiger partial charge in [-0.05, 0) is 23.4 Å². The Bertz CT molecular complexity index is 1010. The Morgan fingerprint density at radius 1 is 0.935 bits per heavy atom. The highest BCUT2D eigenvalue weighted by Gasteiger charge is 2.09. The first kappa shape index (κ1) is 22.2. The van der Waals surface area contributed by atoms with Gasteiger partial charge < -0.3 is 9.47 Å². The Morgan fingerprint density at radius 3 is 2.39 bits per heavy atom. The molecular weight excluding hydrogens is 396 g/mol. The van der Waals surface area contributed by atoms with E-state index in [1.54, 1.807) is 12.1 Å². The second kappa shape index (κ2) is 11.1. The molecule has 0 spiro atoms. The SMILES string of the molecule is CC(=O)OCCN(CCOc1cccc2ccccc12)CCc1ccc([N+](=O)[O-])cc1. The van der Waals surface area contributed by atoms with Crippen LogP contribution in [0.2, 0.25) is 0 Å². The first-order valence-corrected chi connectivity index (χ1v) is 10.2. The molecule has 162 valence electrons. The molecule has 0 radical (unpaired) electrons. The van der Waals surface area contributed by atoms with Crippen LogP contribution in [-0.2, 0) is 16.0 Å². The van der Waals surface area contributed by atoms with Crippen molar-refractivity contribution < 1.29 is 19.2 Å². The van der Waals surface area contributed by atoms with Crippen molar-refractivity contribution in [2.45, 2.75) is 13.3 Å². The second-order valence-electron chi connectivity index (χ2n) is 7.18. The fourth-order valence-corrected chi connectivity index (χ4v) is 3.33. The van der Waals surface area contributed by atoms with E-state index in [2.05, 4.69) is 17.0 Å². The number of esters is 1. The van der Waals surface area contributed by atoms with Gasteiger partial charge in [0, 0.05) is 44.1 Å². The standard InChI is InChI=1S/C24H26N2O5/c1-19(27)30-17-15-25(14-13-20-9-11-22(12-10-20)26(28)29)16-18-31-24-8-4-6-21-5-2-3-7-23(21)24/h2-12H,13-18H2,1H3. The van der Waals surface area contributed by atoms with Crippen molar-refractivity contribution in [3.63, 3.8) is 0 Å². The van der Waals surface area contributed by atoms with Gasteiger partial charge in [0.15, 0.2) is 0 Å². The third-order valence-corrected chi connectivity index (χ3v) is 4.99. The molecule has 7 heteroatoms. The molecule has 0 N–H and O–H groups in total. The Labute approximate surface area is 181 Å². The maximum absolute atomic E-state index is 11.1. The molecule has 0 fully saturated rings. The molecule has 0 amide bonds. The van der Waals surface area contributed by atoms with Crippen molar-refractivity contribution in [2.75, 3.05) is 32.8 Å². The highest BCUT2D eigenvalue weighted by atomic mass is 16.6. The van der Waals surface area contributed by atoms with Crippen LogP contribution in [0.4, 0.5) is 5.69 Å². The first-order valence-electron chi connectivity index (χ1n) is 10.2. The molecule has 0 saturated carbocycles. The molecule has 0 atom stereocenters. The molecule has 0 aromatic heterocycles. The van der Waals surface area contributed by atoms with Gasteiger partial charge >= 0.3 is 5.97 Å². The molecular formula is C24H26N2O5. The van der Waals surface area contributed by atoms with Crippen LogP contribution in [0.25, 0.3) is 10.8 Å². The highest BCUT2D eigenvalue weighted by molar-refractivity contribution is 5.88. The summed E-state index contributed by atoms with van der Waals surface area (Å²) in [5, 5.41) is 13.0. The predicted molar refractivity (Wildman–Crippen MR) is 119 cm³/mol. The molecule has 31 heavy (non-hydrogen) atoms. The maximum Gasteiger partial charge on any atom is 0.302 e. The minimum Gasteiger partial charge on any atom is -0.492 e. The van der Waals surface area contributed by atoms with Crippen molar-refractivity contribution in [1.82, 2.24) is 4.90 Å². The van der Waals surface area contributed by atoms with Crippen molar-refractivity contribution >= 4 is 22.4 Å². The van der Waals surface area contributed by atoms with Gasteiger partial charge in [0.05, 0.1) is 4.92 Å². The molecule has 0 aliphatic rings. The molecule has 0 aliphatic carbocycles. The van der Waals surface area contributed by atoms with Crippen molar-refractivity contribution in [3.8, 4) is 5.75 Å². The smallest absolute Gasteiger partial charge is 0.302 e. The summed E-state index contributed by atoms with van der Waals surface area (Å²) in [5.74, 6) is 0.538. The number of carbonyl (C=O) groups excluding carboxylic acids is 1. The normalized spacial score (nSPS) is 10.9. The molecule has 0 heterocycles. The van der Waals surface area contributed by atoms with Gasteiger partial charge in [-0.25, -0.2) is 0 Å². The summed E-state index contributed by atoms with van der Waals surface area (Å²) in [4.78, 5) is 23.7. The number of benzene rings is 3. The van der Waals surface area contributed by atoms with E-state index in [1.165, 1.54) is 19.1 Å². The number of hydrogen-bond acceptors (Lipinski definition) is 6. The fraction of sp³-hybridized carbons (Fsp3) is 0.292. The highest BCUT2D eigenvalue weighted by Crippen LogP contribution is 2.25. The van der Waals surface area contributed by atoms with Gasteiger partial charge in [-0.15, -0.1) is 0 Å². The Balaban J connectivity index is 1.57. The average molecular weight is 422 g/mol. The molecule has 7 nitrogen and oxygen atoms in total. The van der Waals surface area contributed by atoms with E-state index < -0.39 is 4.92 Å². The number of fused-ring (bicyclic) bond motifs is 1. The summed E-state index contributed by atoms with van der Waals surface area (Å²) >= 11 is 0. The topological polar surface area (TPSA) is 81.9 Å². The fourth-order valence-electron chi connectivity index (χ4n) is 3.33. The molecule has 0 unspecified atom stereocenters. The number of nitro groups is 1. The van der Waals surface area contributed by atoms with Crippen molar-refractivity contribution in [1.29, 1.82) is 0 Å². The van der Waals surface area contributed by atoms with E-state index in [0.717, 1.165) is 35.1 Å². The lowest BCUT2D eigenvalue weighted by Crippen LogP contribution is -2.34. The van der Waals surface area contributed by atoms with Gasteiger partial charge in [-0.3, -0.25) is 19.8 Å². The molecule has 0 bridgehead atoms. The van der Waals surface area contributed by atoms with Gasteiger partial charge in [-0.1, -0.05) is 48.5 Å². The molecule has 3 rings (SSSR count). The lowest BCUT2D eigenvalue weighted by Gasteiger charge is -2.22. The number of carbonyl (C=O) groups is 1. The third kappa shape index (κ3) is 6.79. The van der Waals surface area contributed by atoms with Crippen LogP contribution in [0, 0.1) is 10.1 Å². The van der Waals surface area contributed by atoms with Gasteiger partial charge in [-0.2, -0.15) is 0 Å². The summed E-state index contributed by atoms with van der Waals surface area (Å²) in [6.07, 6.45) is 0.729. The van der Waals surface area contributed by atoms with Crippen LogP contribution in [0.1, 0.15) is 12.5 Å². The minimum absolute atomic E-state index is 0.0824. The third-order valence-electron chi connectivity index (χ3n) is 4.99. The second-order valence-corrected chi connectivity index (χ2v) is 7.18. The van der Waals surface area contributed by atoms with Crippen LogP contribution >= 0.6 is 0 Å². The maximum atomic E-state index is 11.1. The Morgan fingerprint density at radius 2 is 1.65 bits per heavy atom. The van der Waals surface area contributed by atoms with Crippen LogP contribution in [0.5, 0.6) is 5.75 Å². The van der Waals surface area contributed by atoms with E-state index in [4.69, 9.17) is 9.47 Å². The minimum atomic E-state index is -0.403.